The third kappa shape index (κ3) is 8.84. The summed E-state index contributed by atoms with van der Waals surface area (Å²) >= 11 is 0. The third-order valence-electron chi connectivity index (χ3n) is 1.08. The summed E-state index contributed by atoms with van der Waals surface area (Å²) in [4.78, 5) is 2.31. The minimum Gasteiger partial charge on any atom is -0.358 e. The Morgan fingerprint density at radius 1 is 1.00 bits per heavy atom. The Kier molecular flexibility index (Phi) is 29.1. The molecule has 1 nitrogen and oxygen atoms in total. The van der Waals surface area contributed by atoms with Crippen molar-refractivity contribution < 1.29 is 26.2 Å². The van der Waals surface area contributed by atoms with Gasteiger partial charge in [-0.3, -0.25) is 0 Å². The maximum absolute atomic E-state index is 2.31. The molecule has 0 bridgehead atoms. The summed E-state index contributed by atoms with van der Waals surface area (Å²) in [6.07, 6.45) is 1.41. The van der Waals surface area contributed by atoms with Gasteiger partial charge in [-0.25, -0.2) is 0 Å². The van der Waals surface area contributed by atoms with Gasteiger partial charge < -0.3 is 27.2 Å². The number of rotatable bonds is 0. The minimum absolute atomic E-state index is 0. The van der Waals surface area contributed by atoms with E-state index in [0.717, 1.165) is 0 Å². The van der Waals surface area contributed by atoms with Crippen molar-refractivity contribution in [3.63, 3.8) is 0 Å². The van der Waals surface area contributed by atoms with Gasteiger partial charge in [0.1, 0.15) is 0 Å². The summed E-state index contributed by atoms with van der Waals surface area (Å²) in [5, 5.41) is 0. The van der Waals surface area contributed by atoms with Gasteiger partial charge in [-0.1, -0.05) is 0 Å². The van der Waals surface area contributed by atoms with E-state index in [9.17, 15) is 0 Å². The first-order valence-corrected chi connectivity index (χ1v) is 2.08. The Balaban J connectivity index is -0.0000000312. The topological polar surface area (TPSA) is 3.24 Å². The first kappa shape index (κ1) is 22.5. The van der Waals surface area contributed by atoms with Gasteiger partial charge in [-0.2, -0.15) is 0 Å². The predicted octanol–water partition coefficient (Wildman–Crippen LogP) is 1.67. The molecular formula is C7H18NZr+. The molecule has 0 aliphatic carbocycles. The molecule has 1 aliphatic heterocycles. The summed E-state index contributed by atoms with van der Waals surface area (Å²) in [5.41, 5.74) is 0. The van der Waals surface area contributed by atoms with Crippen LogP contribution < -0.4 is 0 Å². The predicted molar refractivity (Wildman–Crippen MR) is 41.4 cm³/mol. The van der Waals surface area contributed by atoms with Crippen LogP contribution in [0.3, 0.4) is 0 Å². The van der Waals surface area contributed by atoms with Crippen molar-refractivity contribution >= 4 is 0 Å². The summed E-state index contributed by atoms with van der Waals surface area (Å²) in [7, 11) is 2.14. The zero-order chi connectivity index (χ0) is 3.70. The second-order valence-corrected chi connectivity index (χ2v) is 1.66. The van der Waals surface area contributed by atoms with Gasteiger partial charge in [-0.05, 0) is 26.6 Å². The van der Waals surface area contributed by atoms with Crippen LogP contribution in [-0.2, 0) is 26.2 Å². The van der Waals surface area contributed by atoms with Crippen LogP contribution in [0.25, 0.3) is 0 Å². The van der Waals surface area contributed by atoms with Crippen LogP contribution in [0.15, 0.2) is 0 Å². The molecule has 9 heavy (non-hydrogen) atoms. The Labute approximate surface area is 79.9 Å². The SMILES string of the molecule is CN1CCC1.[CH3-].[CH3-].[CH3-].[Zr+4]. The van der Waals surface area contributed by atoms with E-state index in [-0.39, 0.29) is 48.5 Å². The molecule has 2 heteroatoms. The average molecular weight is 207 g/mol. The standard InChI is InChI=1S/C4H9N.3CH3.Zr/c1-5-3-2-4-5;;;;/h2-4H2,1H3;3*1H3;/q;3*-1;+4. The van der Waals surface area contributed by atoms with Crippen LogP contribution in [0.4, 0.5) is 0 Å². The van der Waals surface area contributed by atoms with E-state index in [0.29, 0.717) is 0 Å². The fraction of sp³-hybridized carbons (Fsp3) is 0.571. The van der Waals surface area contributed by atoms with Gasteiger partial charge in [0.05, 0.1) is 0 Å². The van der Waals surface area contributed by atoms with E-state index in [1.807, 2.05) is 0 Å². The monoisotopic (exact) mass is 206 g/mol. The fourth-order valence-corrected chi connectivity index (χ4v) is 0.474. The van der Waals surface area contributed by atoms with Gasteiger partial charge in [0, 0.05) is 0 Å². The smallest absolute Gasteiger partial charge is 0.358 e. The first-order valence-electron chi connectivity index (χ1n) is 2.08. The second kappa shape index (κ2) is 11.6. The van der Waals surface area contributed by atoms with Gasteiger partial charge in [0.15, 0.2) is 0 Å². The maximum Gasteiger partial charge on any atom is 4.00 e. The Morgan fingerprint density at radius 2 is 1.22 bits per heavy atom. The van der Waals surface area contributed by atoms with Crippen molar-refractivity contribution in [3.8, 4) is 0 Å². The Bertz CT molecular complexity index is 35.9. The van der Waals surface area contributed by atoms with Crippen molar-refractivity contribution in [2.45, 2.75) is 6.42 Å². The molecule has 1 heterocycles. The van der Waals surface area contributed by atoms with Gasteiger partial charge in [0.25, 0.3) is 0 Å². The molecule has 1 fully saturated rings. The molecule has 0 N–H and O–H groups in total. The van der Waals surface area contributed by atoms with E-state index in [4.69, 9.17) is 0 Å². The van der Waals surface area contributed by atoms with Gasteiger partial charge in [-0.15, -0.1) is 0 Å². The molecular weight excluding hydrogens is 189 g/mol. The number of hydrogen-bond acceptors (Lipinski definition) is 1. The van der Waals surface area contributed by atoms with E-state index in [2.05, 4.69) is 11.9 Å². The van der Waals surface area contributed by atoms with Crippen molar-refractivity contribution in [2.75, 3.05) is 20.1 Å². The van der Waals surface area contributed by atoms with Crippen LogP contribution in [-0.4, -0.2) is 25.0 Å². The minimum atomic E-state index is 0. The molecule has 1 saturated heterocycles. The summed E-state index contributed by atoms with van der Waals surface area (Å²) in [6, 6.07) is 0. The summed E-state index contributed by atoms with van der Waals surface area (Å²) in [5.74, 6) is 0. The molecule has 1 rings (SSSR count). The number of nitrogens with zero attached hydrogens (tertiary/aromatic N) is 1. The number of hydrogen-bond donors (Lipinski definition) is 0. The summed E-state index contributed by atoms with van der Waals surface area (Å²) < 4.78 is 0. The van der Waals surface area contributed by atoms with E-state index in [1.54, 1.807) is 0 Å². The third-order valence-corrected chi connectivity index (χ3v) is 1.08. The number of likely N-dealkylation sites (tertiary alicyclic amines) is 1. The average Bonchev–Trinajstić information content (AvgIpc) is 1.30. The molecule has 1 aliphatic rings. The largest absolute Gasteiger partial charge is 4.00 e. The van der Waals surface area contributed by atoms with Crippen LogP contribution in [0.2, 0.25) is 0 Å². The van der Waals surface area contributed by atoms with Crippen LogP contribution in [0, 0.1) is 22.3 Å². The van der Waals surface area contributed by atoms with E-state index >= 15 is 0 Å². The molecule has 0 spiro atoms. The van der Waals surface area contributed by atoms with Gasteiger partial charge in [0.2, 0.25) is 0 Å². The zero-order valence-corrected chi connectivity index (χ0v) is 9.53. The van der Waals surface area contributed by atoms with Crippen molar-refractivity contribution in [3.05, 3.63) is 22.3 Å². The molecule has 0 saturated carbocycles. The molecule has 0 aromatic carbocycles. The molecule has 0 aromatic heterocycles. The van der Waals surface area contributed by atoms with Crippen LogP contribution in [0.1, 0.15) is 6.42 Å². The second-order valence-electron chi connectivity index (χ2n) is 1.66. The Hall–Kier alpha value is 0.843. The Morgan fingerprint density at radius 3 is 1.22 bits per heavy atom. The first-order chi connectivity index (χ1) is 2.39. The maximum atomic E-state index is 2.31. The van der Waals surface area contributed by atoms with E-state index < -0.39 is 0 Å². The zero-order valence-electron chi connectivity index (χ0n) is 7.07. The molecule has 0 amide bonds. The molecule has 54 valence electrons. The van der Waals surface area contributed by atoms with Crippen molar-refractivity contribution in [1.29, 1.82) is 0 Å². The van der Waals surface area contributed by atoms with Crippen LogP contribution in [0.5, 0.6) is 0 Å². The quantitative estimate of drug-likeness (QED) is 0.546. The summed E-state index contributed by atoms with van der Waals surface area (Å²) in [6.45, 7) is 2.64. The van der Waals surface area contributed by atoms with Crippen LogP contribution >= 0.6 is 0 Å². The van der Waals surface area contributed by atoms with Crippen molar-refractivity contribution in [1.82, 2.24) is 4.90 Å². The van der Waals surface area contributed by atoms with Crippen molar-refractivity contribution in [2.24, 2.45) is 0 Å². The molecule has 0 atom stereocenters. The molecule has 0 unspecified atom stereocenters. The fourth-order valence-electron chi connectivity index (χ4n) is 0.474. The van der Waals surface area contributed by atoms with Gasteiger partial charge >= 0.3 is 26.2 Å². The molecule has 0 radical (unpaired) electrons. The molecule has 0 aromatic rings. The normalized spacial score (nSPS) is 14.3. The van der Waals surface area contributed by atoms with E-state index in [1.165, 1.54) is 19.5 Å².